The minimum Gasteiger partial charge on any atom is -0.317 e. The molecular formula is C15H25NS. The van der Waals surface area contributed by atoms with Gasteiger partial charge in [-0.1, -0.05) is 13.8 Å². The molecule has 1 aromatic heterocycles. The van der Waals surface area contributed by atoms with Crippen molar-refractivity contribution in [3.63, 3.8) is 0 Å². The van der Waals surface area contributed by atoms with E-state index in [2.05, 4.69) is 43.0 Å². The molecule has 3 atom stereocenters. The number of hydrogen-bond acceptors (Lipinski definition) is 2. The summed E-state index contributed by atoms with van der Waals surface area (Å²) in [6.07, 6.45) is 5.43. The van der Waals surface area contributed by atoms with Crippen molar-refractivity contribution >= 4 is 11.3 Å². The molecule has 1 aromatic rings. The normalized spacial score (nSPS) is 29.8. The fourth-order valence-electron chi connectivity index (χ4n) is 3.22. The van der Waals surface area contributed by atoms with Gasteiger partial charge in [-0.15, -0.1) is 0 Å². The van der Waals surface area contributed by atoms with Gasteiger partial charge in [0.1, 0.15) is 0 Å². The van der Waals surface area contributed by atoms with E-state index in [1.165, 1.54) is 31.2 Å². The molecule has 0 saturated heterocycles. The molecule has 0 spiro atoms. The van der Waals surface area contributed by atoms with Crippen molar-refractivity contribution < 1.29 is 0 Å². The van der Waals surface area contributed by atoms with Crippen molar-refractivity contribution in [1.82, 2.24) is 5.32 Å². The van der Waals surface area contributed by atoms with E-state index in [9.17, 15) is 0 Å². The first-order valence-corrected chi connectivity index (χ1v) is 7.83. The van der Waals surface area contributed by atoms with Crippen molar-refractivity contribution in [3.05, 3.63) is 22.4 Å². The summed E-state index contributed by atoms with van der Waals surface area (Å²) in [5.74, 6) is 2.61. The van der Waals surface area contributed by atoms with Crippen molar-refractivity contribution in [2.24, 2.45) is 17.8 Å². The predicted octanol–water partition coefficient (Wildman–Crippen LogP) is 3.95. The maximum Gasteiger partial charge on any atom is 0.00957 e. The Morgan fingerprint density at radius 2 is 2.24 bits per heavy atom. The van der Waals surface area contributed by atoms with Crippen LogP contribution < -0.4 is 5.32 Å². The van der Waals surface area contributed by atoms with Crippen LogP contribution in [0.4, 0.5) is 0 Å². The van der Waals surface area contributed by atoms with Gasteiger partial charge in [-0.2, -0.15) is 11.3 Å². The molecule has 2 rings (SSSR count). The van der Waals surface area contributed by atoms with Crippen LogP contribution in [0.2, 0.25) is 0 Å². The van der Waals surface area contributed by atoms with Crippen LogP contribution in [-0.2, 0) is 6.42 Å². The molecule has 0 aromatic carbocycles. The monoisotopic (exact) mass is 251 g/mol. The maximum atomic E-state index is 3.53. The van der Waals surface area contributed by atoms with Crippen LogP contribution >= 0.6 is 11.3 Å². The highest BCUT2D eigenvalue weighted by Gasteiger charge is 2.30. The Morgan fingerprint density at radius 1 is 1.41 bits per heavy atom. The highest BCUT2D eigenvalue weighted by atomic mass is 32.1. The third-order valence-corrected chi connectivity index (χ3v) is 5.15. The third kappa shape index (κ3) is 3.32. The van der Waals surface area contributed by atoms with Crippen LogP contribution in [0.25, 0.3) is 0 Å². The summed E-state index contributed by atoms with van der Waals surface area (Å²) in [5, 5.41) is 8.04. The van der Waals surface area contributed by atoms with E-state index < -0.39 is 0 Å². The van der Waals surface area contributed by atoms with Gasteiger partial charge < -0.3 is 5.32 Å². The van der Waals surface area contributed by atoms with E-state index in [1.807, 2.05) is 11.3 Å². The Morgan fingerprint density at radius 3 is 2.82 bits per heavy atom. The second kappa shape index (κ2) is 6.01. The van der Waals surface area contributed by atoms with Crippen LogP contribution in [-0.4, -0.2) is 13.1 Å². The van der Waals surface area contributed by atoms with Crippen molar-refractivity contribution in [2.45, 2.75) is 45.6 Å². The van der Waals surface area contributed by atoms with E-state index in [4.69, 9.17) is 0 Å². The lowest BCUT2D eigenvalue weighted by atomic mass is 9.72. The second-order valence-corrected chi connectivity index (χ2v) is 6.59. The maximum absolute atomic E-state index is 3.53. The predicted molar refractivity (Wildman–Crippen MR) is 76.5 cm³/mol. The van der Waals surface area contributed by atoms with Gasteiger partial charge in [0.05, 0.1) is 0 Å². The Hall–Kier alpha value is -0.340. The highest BCUT2D eigenvalue weighted by molar-refractivity contribution is 7.07. The second-order valence-electron chi connectivity index (χ2n) is 5.81. The van der Waals surface area contributed by atoms with E-state index in [1.54, 1.807) is 0 Å². The molecule has 1 aliphatic rings. The minimum atomic E-state index is 0.727. The standard InChI is InChI=1S/C15H25NS/c1-11(2)13-4-5-15(16-3)14(9-13)8-12-6-7-17-10-12/h6-7,10-11,13-16H,4-5,8-9H2,1-3H3. The van der Waals surface area contributed by atoms with Crippen LogP contribution in [0.5, 0.6) is 0 Å². The topological polar surface area (TPSA) is 12.0 Å². The Labute approximate surface area is 110 Å². The smallest absolute Gasteiger partial charge is 0.00957 e. The molecule has 96 valence electrons. The first-order chi connectivity index (χ1) is 8.20. The number of thiophene rings is 1. The Bertz CT molecular complexity index is 318. The highest BCUT2D eigenvalue weighted by Crippen LogP contribution is 2.35. The molecule has 1 heterocycles. The molecule has 3 unspecified atom stereocenters. The molecule has 0 radical (unpaired) electrons. The lowest BCUT2D eigenvalue weighted by Crippen LogP contribution is -2.40. The minimum absolute atomic E-state index is 0.727. The average Bonchev–Trinajstić information content (AvgIpc) is 2.81. The van der Waals surface area contributed by atoms with Crippen LogP contribution in [0, 0.1) is 17.8 Å². The number of rotatable bonds is 4. The van der Waals surface area contributed by atoms with Gasteiger partial charge >= 0.3 is 0 Å². The van der Waals surface area contributed by atoms with Gasteiger partial charge in [-0.05, 0) is 72.9 Å². The zero-order chi connectivity index (χ0) is 12.3. The van der Waals surface area contributed by atoms with Crippen LogP contribution in [0.15, 0.2) is 16.8 Å². The molecule has 17 heavy (non-hydrogen) atoms. The summed E-state index contributed by atoms with van der Waals surface area (Å²) in [7, 11) is 2.13. The molecule has 0 amide bonds. The van der Waals surface area contributed by atoms with Gasteiger partial charge in [-0.3, -0.25) is 0 Å². The zero-order valence-electron chi connectivity index (χ0n) is 11.3. The summed E-state index contributed by atoms with van der Waals surface area (Å²) in [4.78, 5) is 0. The quantitative estimate of drug-likeness (QED) is 0.854. The Balaban J connectivity index is 1.99. The molecule has 1 N–H and O–H groups in total. The molecule has 0 aliphatic heterocycles. The average molecular weight is 251 g/mol. The lowest BCUT2D eigenvalue weighted by Gasteiger charge is -2.37. The van der Waals surface area contributed by atoms with Gasteiger partial charge in [0.25, 0.3) is 0 Å². The molecular weight excluding hydrogens is 226 g/mol. The van der Waals surface area contributed by atoms with Crippen LogP contribution in [0.1, 0.15) is 38.7 Å². The molecule has 2 heteroatoms. The van der Waals surface area contributed by atoms with E-state index in [0.717, 1.165) is 23.8 Å². The fourth-order valence-corrected chi connectivity index (χ4v) is 3.90. The van der Waals surface area contributed by atoms with Crippen molar-refractivity contribution in [3.8, 4) is 0 Å². The van der Waals surface area contributed by atoms with Gasteiger partial charge in [-0.25, -0.2) is 0 Å². The SMILES string of the molecule is CNC1CCC(C(C)C)CC1Cc1ccsc1. The number of nitrogens with one attached hydrogen (secondary N) is 1. The summed E-state index contributed by atoms with van der Waals surface area (Å²) >= 11 is 1.82. The number of hydrogen-bond donors (Lipinski definition) is 1. The van der Waals surface area contributed by atoms with E-state index in [-0.39, 0.29) is 0 Å². The Kier molecular flexibility index (Phi) is 4.63. The molecule has 1 fully saturated rings. The van der Waals surface area contributed by atoms with E-state index in [0.29, 0.717) is 0 Å². The summed E-state index contributed by atoms with van der Waals surface area (Å²) < 4.78 is 0. The molecule has 1 aliphatic carbocycles. The third-order valence-electron chi connectivity index (χ3n) is 4.41. The van der Waals surface area contributed by atoms with Gasteiger partial charge in [0, 0.05) is 6.04 Å². The summed E-state index contributed by atoms with van der Waals surface area (Å²) in [6.45, 7) is 4.76. The molecule has 0 bridgehead atoms. The van der Waals surface area contributed by atoms with Crippen molar-refractivity contribution in [2.75, 3.05) is 7.05 Å². The summed E-state index contributed by atoms with van der Waals surface area (Å²) in [5.41, 5.74) is 1.53. The first-order valence-electron chi connectivity index (χ1n) is 6.89. The lowest BCUT2D eigenvalue weighted by molar-refractivity contribution is 0.173. The van der Waals surface area contributed by atoms with Crippen LogP contribution in [0.3, 0.4) is 0 Å². The van der Waals surface area contributed by atoms with Crippen molar-refractivity contribution in [1.29, 1.82) is 0 Å². The van der Waals surface area contributed by atoms with E-state index >= 15 is 0 Å². The fraction of sp³-hybridized carbons (Fsp3) is 0.733. The first kappa shape index (κ1) is 13.1. The largest absolute Gasteiger partial charge is 0.317 e. The molecule has 1 nitrogen and oxygen atoms in total. The van der Waals surface area contributed by atoms with Gasteiger partial charge in [0.2, 0.25) is 0 Å². The zero-order valence-corrected chi connectivity index (χ0v) is 12.1. The molecule has 1 saturated carbocycles. The summed E-state index contributed by atoms with van der Waals surface area (Å²) in [6, 6.07) is 3.01. The van der Waals surface area contributed by atoms with Gasteiger partial charge in [0.15, 0.2) is 0 Å².